The Morgan fingerprint density at radius 3 is 2.66 bits per heavy atom. The van der Waals surface area contributed by atoms with E-state index in [0.717, 1.165) is 0 Å². The van der Waals surface area contributed by atoms with Gasteiger partial charge in [0.15, 0.2) is 11.5 Å². The number of methoxy groups -OCH3 is 1. The fourth-order valence-corrected chi connectivity index (χ4v) is 3.23. The van der Waals surface area contributed by atoms with Gasteiger partial charge in [-0.15, -0.1) is 0 Å². The summed E-state index contributed by atoms with van der Waals surface area (Å²) in [5.74, 6) is 0.371. The van der Waals surface area contributed by atoms with Crippen molar-refractivity contribution in [1.82, 2.24) is 9.97 Å². The number of primary amides is 1. The summed E-state index contributed by atoms with van der Waals surface area (Å²) in [6, 6.07) is 4.87. The van der Waals surface area contributed by atoms with Gasteiger partial charge in [0.1, 0.15) is 0 Å². The molecular weight excluding hydrogens is 419 g/mol. The summed E-state index contributed by atoms with van der Waals surface area (Å²) in [5, 5.41) is 4.36. The number of hydrogen-bond acceptors (Lipinski definition) is 6. The zero-order valence-electron chi connectivity index (χ0n) is 15.4. The van der Waals surface area contributed by atoms with Crippen LogP contribution >= 0.6 is 23.2 Å². The molecule has 0 saturated carbocycles. The van der Waals surface area contributed by atoms with Crippen LogP contribution in [0.5, 0.6) is 11.5 Å². The molecule has 29 heavy (non-hydrogen) atoms. The molecule has 0 atom stereocenters. The van der Waals surface area contributed by atoms with Crippen LogP contribution < -0.4 is 26.1 Å². The van der Waals surface area contributed by atoms with E-state index in [1.807, 2.05) is 0 Å². The molecule has 4 N–H and O–H groups in total. The maximum atomic E-state index is 12.3. The molecule has 1 aromatic carbocycles. The van der Waals surface area contributed by atoms with Gasteiger partial charge >= 0.3 is 0 Å². The third-order valence-corrected chi connectivity index (χ3v) is 4.66. The Bertz CT molecular complexity index is 1100. The number of pyridine rings is 2. The van der Waals surface area contributed by atoms with E-state index in [1.165, 1.54) is 25.6 Å². The number of aromatic nitrogens is 2. The van der Waals surface area contributed by atoms with Crippen molar-refractivity contribution in [2.75, 3.05) is 19.0 Å². The highest BCUT2D eigenvalue weighted by Crippen LogP contribution is 2.39. The number of hydrogen-bond donors (Lipinski definition) is 3. The third kappa shape index (κ3) is 4.72. The Morgan fingerprint density at radius 1 is 1.28 bits per heavy atom. The van der Waals surface area contributed by atoms with E-state index in [-0.39, 0.29) is 18.6 Å². The molecule has 0 bridgehead atoms. The number of nitrogens with zero attached hydrogens (tertiary/aromatic N) is 1. The van der Waals surface area contributed by atoms with Gasteiger partial charge in [-0.25, -0.2) is 0 Å². The zero-order chi connectivity index (χ0) is 21.0. The van der Waals surface area contributed by atoms with E-state index in [0.29, 0.717) is 50.2 Å². The smallest absolute Gasteiger partial charge is 0.250 e. The molecule has 0 saturated heterocycles. The summed E-state index contributed by atoms with van der Waals surface area (Å²) in [6.07, 6.45) is 3.51. The normalized spacial score (nSPS) is 10.7. The van der Waals surface area contributed by atoms with Crippen molar-refractivity contribution in [1.29, 1.82) is 0 Å². The molecule has 0 aliphatic carbocycles. The highest BCUT2D eigenvalue weighted by Gasteiger charge is 2.16. The van der Waals surface area contributed by atoms with Crippen LogP contribution in [0.1, 0.15) is 12.8 Å². The predicted molar refractivity (Wildman–Crippen MR) is 113 cm³/mol. The van der Waals surface area contributed by atoms with E-state index in [9.17, 15) is 9.59 Å². The van der Waals surface area contributed by atoms with Crippen LogP contribution in [0.25, 0.3) is 10.9 Å². The van der Waals surface area contributed by atoms with Crippen LogP contribution in [0, 0.1) is 0 Å². The highest BCUT2D eigenvalue weighted by molar-refractivity contribution is 6.39. The van der Waals surface area contributed by atoms with Gasteiger partial charge < -0.3 is 25.5 Å². The van der Waals surface area contributed by atoms with Gasteiger partial charge in [0, 0.05) is 30.3 Å². The third-order valence-electron chi connectivity index (χ3n) is 4.08. The lowest BCUT2D eigenvalue weighted by molar-refractivity contribution is -0.118. The van der Waals surface area contributed by atoms with Gasteiger partial charge in [-0.1, -0.05) is 23.2 Å². The number of benzene rings is 1. The van der Waals surface area contributed by atoms with Crippen LogP contribution in [0.4, 0.5) is 11.4 Å². The van der Waals surface area contributed by atoms with Crippen molar-refractivity contribution in [3.05, 3.63) is 51.0 Å². The predicted octanol–water partition coefficient (Wildman–Crippen LogP) is 3.63. The molecule has 152 valence electrons. The standard InChI is InChI=1S/C19H18Cl2N4O4/c1-28-14-5-4-10-13(24-18-11(20)8-23-9-12(18)21)7-16(27)25-17(10)19(14)29-6-2-3-15(22)26/h4-5,7-9H,2-3,6H2,1H3,(H2,22,26)(H2,23,24,25,27). The first-order valence-electron chi connectivity index (χ1n) is 8.62. The number of carbonyl (C=O) groups excluding carboxylic acids is 1. The molecule has 8 nitrogen and oxygen atoms in total. The van der Waals surface area contributed by atoms with Crippen LogP contribution in [-0.2, 0) is 4.79 Å². The number of halogens is 2. The van der Waals surface area contributed by atoms with Crippen LogP contribution in [0.2, 0.25) is 10.0 Å². The van der Waals surface area contributed by atoms with Crippen molar-refractivity contribution in [2.24, 2.45) is 5.73 Å². The lowest BCUT2D eigenvalue weighted by atomic mass is 10.1. The average molecular weight is 437 g/mol. The molecule has 0 radical (unpaired) electrons. The van der Waals surface area contributed by atoms with Crippen LogP contribution in [-0.4, -0.2) is 29.6 Å². The van der Waals surface area contributed by atoms with Gasteiger partial charge in [0.2, 0.25) is 5.91 Å². The SMILES string of the molecule is COc1ccc2c(Nc3c(Cl)cncc3Cl)cc(=O)[nH]c2c1OCCCC(N)=O. The summed E-state index contributed by atoms with van der Waals surface area (Å²) >= 11 is 12.4. The Balaban J connectivity index is 2.05. The second-order valence-electron chi connectivity index (χ2n) is 6.09. The average Bonchev–Trinajstić information content (AvgIpc) is 2.67. The molecule has 0 spiro atoms. The topological polar surface area (TPSA) is 119 Å². The largest absolute Gasteiger partial charge is 0.493 e. The van der Waals surface area contributed by atoms with Crippen LogP contribution in [0.15, 0.2) is 35.4 Å². The summed E-state index contributed by atoms with van der Waals surface area (Å²) in [5.41, 5.74) is 6.12. The van der Waals surface area contributed by atoms with Crippen LogP contribution in [0.3, 0.4) is 0 Å². The quantitative estimate of drug-likeness (QED) is 0.463. The number of amides is 1. The number of carbonyl (C=O) groups is 1. The molecule has 2 heterocycles. The Kier molecular flexibility index (Phi) is 6.46. The van der Waals surface area contributed by atoms with Crippen molar-refractivity contribution < 1.29 is 14.3 Å². The van der Waals surface area contributed by atoms with Crippen molar-refractivity contribution >= 4 is 51.4 Å². The lowest BCUT2D eigenvalue weighted by Gasteiger charge is -2.16. The van der Waals surface area contributed by atoms with E-state index >= 15 is 0 Å². The van der Waals surface area contributed by atoms with Crippen molar-refractivity contribution in [3.63, 3.8) is 0 Å². The van der Waals surface area contributed by atoms with Gasteiger partial charge in [-0.2, -0.15) is 0 Å². The Labute approximate surface area is 175 Å². The highest BCUT2D eigenvalue weighted by atomic mass is 35.5. The molecule has 2 aromatic heterocycles. The molecule has 1 amide bonds. The first-order valence-corrected chi connectivity index (χ1v) is 9.37. The van der Waals surface area contributed by atoms with Gasteiger partial charge in [-0.3, -0.25) is 14.6 Å². The fraction of sp³-hybridized carbons (Fsp3) is 0.211. The second-order valence-corrected chi connectivity index (χ2v) is 6.90. The van der Waals surface area contributed by atoms with Gasteiger partial charge in [0.25, 0.3) is 5.56 Å². The van der Waals surface area contributed by atoms with Gasteiger partial charge in [-0.05, 0) is 18.6 Å². The molecule has 3 rings (SSSR count). The van der Waals surface area contributed by atoms with Gasteiger partial charge in [0.05, 0.1) is 40.7 Å². The molecule has 0 unspecified atom stereocenters. The number of H-pyrrole nitrogens is 1. The summed E-state index contributed by atoms with van der Waals surface area (Å²) in [4.78, 5) is 29.9. The number of ether oxygens (including phenoxy) is 2. The number of nitrogens with two attached hydrogens (primary N) is 1. The minimum absolute atomic E-state index is 0.190. The molecule has 0 aliphatic rings. The molecule has 0 aliphatic heterocycles. The zero-order valence-corrected chi connectivity index (χ0v) is 16.9. The molecule has 0 fully saturated rings. The monoisotopic (exact) mass is 436 g/mol. The van der Waals surface area contributed by atoms with E-state index in [1.54, 1.807) is 12.1 Å². The summed E-state index contributed by atoms with van der Waals surface area (Å²) in [6.45, 7) is 0.222. The number of nitrogens with one attached hydrogen (secondary N) is 2. The maximum Gasteiger partial charge on any atom is 0.250 e. The van der Waals surface area contributed by atoms with E-state index in [2.05, 4.69) is 15.3 Å². The summed E-state index contributed by atoms with van der Waals surface area (Å²) in [7, 11) is 1.49. The molecule has 3 aromatic rings. The lowest BCUT2D eigenvalue weighted by Crippen LogP contribution is -2.12. The Morgan fingerprint density at radius 2 is 2.00 bits per heavy atom. The summed E-state index contributed by atoms with van der Waals surface area (Å²) < 4.78 is 11.2. The van der Waals surface area contributed by atoms with Crippen molar-refractivity contribution in [2.45, 2.75) is 12.8 Å². The van der Waals surface area contributed by atoms with E-state index in [4.69, 9.17) is 38.4 Å². The number of aromatic amines is 1. The molecule has 10 heteroatoms. The second kappa shape index (κ2) is 9.02. The van der Waals surface area contributed by atoms with Crippen molar-refractivity contribution in [3.8, 4) is 11.5 Å². The van der Waals surface area contributed by atoms with E-state index < -0.39 is 5.91 Å². The minimum Gasteiger partial charge on any atom is -0.493 e. The number of anilines is 2. The number of rotatable bonds is 8. The molecular formula is C19H18Cl2N4O4. The first-order chi connectivity index (χ1) is 13.9. The number of fused-ring (bicyclic) bond motifs is 1. The Hall–Kier alpha value is -2.97. The minimum atomic E-state index is -0.413. The maximum absolute atomic E-state index is 12.3. The fourth-order valence-electron chi connectivity index (χ4n) is 2.77. The first kappa shape index (κ1) is 20.8.